The van der Waals surface area contributed by atoms with Crippen molar-refractivity contribution in [2.24, 2.45) is 0 Å². The van der Waals surface area contributed by atoms with Gasteiger partial charge in [0.25, 0.3) is 5.91 Å². The van der Waals surface area contributed by atoms with Gasteiger partial charge in [-0.15, -0.1) is 0 Å². The Kier molecular flexibility index (Phi) is 6.38. The number of carbonyl (C=O) groups is 1. The summed E-state index contributed by atoms with van der Waals surface area (Å²) in [5.74, 6) is -0.718. The van der Waals surface area contributed by atoms with Crippen LogP contribution in [0, 0.1) is 13.8 Å². The van der Waals surface area contributed by atoms with Gasteiger partial charge in [0.2, 0.25) is 0 Å². The van der Waals surface area contributed by atoms with Gasteiger partial charge in [0.1, 0.15) is 10.5 Å². The van der Waals surface area contributed by atoms with Crippen LogP contribution in [-0.2, 0) is 0 Å². The number of nitrogens with one attached hydrogen (secondary N) is 4. The lowest BCUT2D eigenvalue weighted by molar-refractivity contribution is 0.102. The second kappa shape index (κ2) is 9.42. The number of amides is 1. The molecule has 0 spiro atoms. The zero-order valence-electron chi connectivity index (χ0n) is 22.9. The van der Waals surface area contributed by atoms with E-state index in [0.29, 0.717) is 37.9 Å². The molecule has 9 nitrogen and oxygen atoms in total. The molecule has 2 aromatic heterocycles. The van der Waals surface area contributed by atoms with Crippen LogP contribution in [0.5, 0.6) is 0 Å². The summed E-state index contributed by atoms with van der Waals surface area (Å²) in [6.07, 6.45) is 1.91. The molecule has 0 bridgehead atoms. The van der Waals surface area contributed by atoms with E-state index in [1.54, 1.807) is 23.1 Å². The summed E-state index contributed by atoms with van der Waals surface area (Å²) in [5.41, 5.74) is 10.1. The fourth-order valence-corrected chi connectivity index (χ4v) is 6.08. The van der Waals surface area contributed by atoms with Crippen LogP contribution >= 0.6 is 10.2 Å². The normalized spacial score (nSPS) is 18.3. The highest BCUT2D eigenvalue weighted by Crippen LogP contribution is 3.02. The Labute approximate surface area is 238 Å². The van der Waals surface area contributed by atoms with Gasteiger partial charge in [0.05, 0.1) is 17.1 Å². The largest absolute Gasteiger partial charge is 0.369 e. The van der Waals surface area contributed by atoms with Gasteiger partial charge in [-0.3, -0.25) is 20.2 Å². The summed E-state index contributed by atoms with van der Waals surface area (Å²) in [6.45, 7) is 6.92. The molecule has 0 radical (unpaired) electrons. The molecule has 226 valence electrons. The van der Waals surface area contributed by atoms with Crippen LogP contribution in [0.1, 0.15) is 33.2 Å². The van der Waals surface area contributed by atoms with Gasteiger partial charge in [-0.1, -0.05) is 25.5 Å². The lowest BCUT2D eigenvalue weighted by Crippen LogP contribution is -2.43. The molecule has 4 N–H and O–H groups in total. The van der Waals surface area contributed by atoms with E-state index in [9.17, 15) is 24.2 Å². The van der Waals surface area contributed by atoms with E-state index in [1.165, 1.54) is 6.07 Å². The number of halogens is 5. The number of aryl methyl sites for hydroxylation is 2. The molecule has 2 fully saturated rings. The molecule has 0 aliphatic carbocycles. The number of aromatic nitrogens is 3. The third-order valence-electron chi connectivity index (χ3n) is 7.65. The monoisotopic (exact) mass is 610 g/mol. The topological polar surface area (TPSA) is 90.7 Å². The van der Waals surface area contributed by atoms with Crippen molar-refractivity contribution in [2.45, 2.75) is 24.7 Å². The summed E-state index contributed by atoms with van der Waals surface area (Å²) in [4.78, 5) is 12.7. The Balaban J connectivity index is 1.34. The van der Waals surface area contributed by atoms with Gasteiger partial charge in [0.15, 0.2) is 0 Å². The maximum atomic E-state index is 13.9. The Morgan fingerprint density at radius 2 is 1.69 bits per heavy atom. The SMILES string of the molecule is Cc1ccc(NC(=O)c2cc(N3CCNCC3)cc(S(F)(F)(F)(F)F)c2)cc1-n1cc(C)n2nc(C3CNNC3)cc12. The average Bonchev–Trinajstić information content (AvgIpc) is 3.67. The summed E-state index contributed by atoms with van der Waals surface area (Å²) < 4.78 is 73.3. The molecule has 2 aliphatic heterocycles. The second-order valence-electron chi connectivity index (χ2n) is 10.8. The summed E-state index contributed by atoms with van der Waals surface area (Å²) >= 11 is 0. The van der Waals surface area contributed by atoms with Crippen molar-refractivity contribution >= 4 is 33.2 Å². The first-order valence-electron chi connectivity index (χ1n) is 13.5. The minimum Gasteiger partial charge on any atom is -0.369 e. The number of imidazole rings is 1. The smallest absolute Gasteiger partial charge is 0.310 e. The molecule has 2 aromatic carbocycles. The molecule has 0 unspecified atom stereocenters. The van der Waals surface area contributed by atoms with E-state index >= 15 is 0 Å². The van der Waals surface area contributed by atoms with Gasteiger partial charge in [0, 0.05) is 74.4 Å². The standard InChI is InChI=1S/C27H31F5N8OS/c1-17-3-4-21(11-25(17)39-16-18(2)40-26(39)13-24(37-40)20-14-34-35-15-20)36-27(41)19-9-22(38-7-5-33-6-8-38)12-23(10-19)42(28,29,30,31)32/h3-4,9-13,16,20,33-35H,5-8,14-15H2,1-2H3,(H,36,41). The first kappa shape index (κ1) is 28.5. The van der Waals surface area contributed by atoms with Crippen LogP contribution in [0.3, 0.4) is 0 Å². The number of anilines is 2. The Morgan fingerprint density at radius 1 is 0.976 bits per heavy atom. The number of fused-ring (bicyclic) bond motifs is 1. The van der Waals surface area contributed by atoms with E-state index in [4.69, 9.17) is 5.10 Å². The highest BCUT2D eigenvalue weighted by atomic mass is 32.5. The zero-order chi connectivity index (χ0) is 29.9. The van der Waals surface area contributed by atoms with Crippen molar-refractivity contribution in [3.05, 3.63) is 71.2 Å². The number of nitrogens with zero attached hydrogens (tertiary/aromatic N) is 4. The molecule has 15 heteroatoms. The Morgan fingerprint density at radius 3 is 2.38 bits per heavy atom. The molecule has 42 heavy (non-hydrogen) atoms. The van der Waals surface area contributed by atoms with E-state index in [1.807, 2.05) is 35.2 Å². The number of piperazine rings is 1. The molecule has 6 rings (SSSR count). The summed E-state index contributed by atoms with van der Waals surface area (Å²) in [6, 6.07) is 8.98. The van der Waals surface area contributed by atoms with E-state index in [0.717, 1.165) is 41.4 Å². The van der Waals surface area contributed by atoms with Crippen molar-refractivity contribution in [3.8, 4) is 5.69 Å². The van der Waals surface area contributed by atoms with Gasteiger partial charge in [-0.25, -0.2) is 4.52 Å². The second-order valence-corrected chi connectivity index (χ2v) is 13.2. The number of carbonyl (C=O) groups excluding carboxylic acids is 1. The minimum atomic E-state index is -10.1. The Hall–Kier alpha value is -3.66. The number of hydrogen-bond acceptors (Lipinski definition) is 6. The molecule has 4 aromatic rings. The van der Waals surface area contributed by atoms with Crippen LogP contribution in [0.15, 0.2) is 53.6 Å². The molecule has 2 saturated heterocycles. The quantitative estimate of drug-likeness (QED) is 0.223. The number of rotatable bonds is 6. The summed E-state index contributed by atoms with van der Waals surface area (Å²) in [7, 11) is -10.1. The van der Waals surface area contributed by atoms with E-state index in [-0.39, 0.29) is 17.7 Å². The van der Waals surface area contributed by atoms with Crippen LogP contribution in [0.2, 0.25) is 0 Å². The highest BCUT2D eigenvalue weighted by molar-refractivity contribution is 8.45. The summed E-state index contributed by atoms with van der Waals surface area (Å²) in [5, 5.41) is 10.4. The Bertz CT molecular complexity index is 1690. The lowest BCUT2D eigenvalue weighted by atomic mass is 10.1. The fraction of sp³-hybridized carbons (Fsp3) is 0.333. The zero-order valence-corrected chi connectivity index (χ0v) is 23.8. The van der Waals surface area contributed by atoms with Crippen molar-refractivity contribution in [2.75, 3.05) is 49.5 Å². The predicted octanol–water partition coefficient (Wildman–Crippen LogP) is 5.25. The maximum absolute atomic E-state index is 13.9. The van der Waals surface area contributed by atoms with Crippen LogP contribution in [0.25, 0.3) is 11.3 Å². The van der Waals surface area contributed by atoms with Crippen molar-refractivity contribution < 1.29 is 24.2 Å². The third-order valence-corrected chi connectivity index (χ3v) is 8.78. The van der Waals surface area contributed by atoms with Gasteiger partial charge in [-0.05, 0) is 49.7 Å². The molecule has 4 heterocycles. The van der Waals surface area contributed by atoms with Gasteiger partial charge < -0.3 is 15.5 Å². The lowest BCUT2D eigenvalue weighted by Gasteiger charge is -2.41. The molecule has 2 aliphatic rings. The molecular weight excluding hydrogens is 579 g/mol. The minimum absolute atomic E-state index is 0.0774. The predicted molar refractivity (Wildman–Crippen MR) is 154 cm³/mol. The van der Waals surface area contributed by atoms with E-state index in [2.05, 4.69) is 21.5 Å². The number of hydrazine groups is 1. The van der Waals surface area contributed by atoms with E-state index < -0.39 is 26.6 Å². The van der Waals surface area contributed by atoms with Crippen molar-refractivity contribution in [1.29, 1.82) is 0 Å². The van der Waals surface area contributed by atoms with Crippen LogP contribution in [0.4, 0.5) is 30.8 Å². The third kappa shape index (κ3) is 5.56. The molecule has 0 atom stereocenters. The fourth-order valence-electron chi connectivity index (χ4n) is 5.38. The van der Waals surface area contributed by atoms with Crippen molar-refractivity contribution in [3.63, 3.8) is 0 Å². The highest BCUT2D eigenvalue weighted by Gasteiger charge is 2.65. The van der Waals surface area contributed by atoms with Gasteiger partial charge in [-0.2, -0.15) is 5.10 Å². The molecular formula is C27H31F5N8OS. The van der Waals surface area contributed by atoms with Crippen LogP contribution < -0.4 is 26.4 Å². The maximum Gasteiger partial charge on any atom is 0.310 e. The first-order chi connectivity index (χ1) is 19.7. The van der Waals surface area contributed by atoms with Crippen molar-refractivity contribution in [1.82, 2.24) is 30.3 Å². The number of hydrogen-bond donors (Lipinski definition) is 4. The van der Waals surface area contributed by atoms with Gasteiger partial charge >= 0.3 is 10.2 Å². The molecule has 0 saturated carbocycles. The first-order valence-corrected chi connectivity index (χ1v) is 15.4. The molecule has 1 amide bonds. The average molecular weight is 611 g/mol. The number of benzene rings is 2. The van der Waals surface area contributed by atoms with Crippen LogP contribution in [-0.4, -0.2) is 59.4 Å².